The number of azide groups is 1. The minimum absolute atomic E-state index is 0.221. The summed E-state index contributed by atoms with van der Waals surface area (Å²) in [4.78, 5) is 15.1. The maximum atomic E-state index is 10.1. The van der Waals surface area contributed by atoms with Gasteiger partial charge in [0.1, 0.15) is 29.7 Å². The molecule has 22 heavy (non-hydrogen) atoms. The first-order chi connectivity index (χ1) is 10.6. The SMILES string of the molecule is Cc1nc(N)c2ncn([C@@H]3O[C@H](CO)[C@@H](O)[C@@H]3N=[N+]=[N-])c2n1. The number of aliphatic hydroxyl groups is 2. The van der Waals surface area contributed by atoms with Crippen molar-refractivity contribution in [2.75, 3.05) is 12.3 Å². The number of aliphatic hydroxyl groups excluding tert-OH is 2. The fourth-order valence-corrected chi connectivity index (χ4v) is 2.53. The van der Waals surface area contributed by atoms with E-state index in [0.29, 0.717) is 17.0 Å². The number of nitrogens with two attached hydrogens (primary N) is 1. The topological polar surface area (TPSA) is 168 Å². The Morgan fingerprint density at radius 3 is 3.00 bits per heavy atom. The lowest BCUT2D eigenvalue weighted by Crippen LogP contribution is -2.31. The number of aryl methyl sites for hydroxylation is 1. The molecule has 2 aromatic heterocycles. The summed E-state index contributed by atoms with van der Waals surface area (Å²) in [6.45, 7) is 1.27. The van der Waals surface area contributed by atoms with Crippen molar-refractivity contribution < 1.29 is 14.9 Å². The molecule has 0 spiro atoms. The second-order valence-electron chi connectivity index (χ2n) is 4.91. The quantitative estimate of drug-likeness (QED) is 0.395. The van der Waals surface area contributed by atoms with Crippen molar-refractivity contribution in [3.8, 4) is 0 Å². The van der Waals surface area contributed by atoms with Crippen molar-refractivity contribution in [3.05, 3.63) is 22.6 Å². The fraction of sp³-hybridized carbons (Fsp3) is 0.545. The Labute approximate surface area is 124 Å². The highest BCUT2D eigenvalue weighted by Gasteiger charge is 2.44. The van der Waals surface area contributed by atoms with Gasteiger partial charge in [0.25, 0.3) is 0 Å². The number of ether oxygens (including phenoxy) is 1. The maximum Gasteiger partial charge on any atom is 0.167 e. The van der Waals surface area contributed by atoms with Crippen LogP contribution in [0.3, 0.4) is 0 Å². The van der Waals surface area contributed by atoms with Crippen LogP contribution in [0.5, 0.6) is 0 Å². The number of aromatic nitrogens is 4. The number of nitrogens with zero attached hydrogens (tertiary/aromatic N) is 7. The fourth-order valence-electron chi connectivity index (χ4n) is 2.53. The van der Waals surface area contributed by atoms with Crippen LogP contribution in [-0.4, -0.2) is 54.6 Å². The third kappa shape index (κ3) is 2.12. The van der Waals surface area contributed by atoms with E-state index in [1.165, 1.54) is 10.9 Å². The summed E-state index contributed by atoms with van der Waals surface area (Å²) in [5.74, 6) is 0.670. The number of nitrogen functional groups attached to an aromatic ring is 1. The standard InChI is InChI=1S/C11H14N8O3/c1-4-15-9(12)7-10(16-4)19(3-14-7)11-6(17-18-13)8(21)5(2-20)22-11/h3,5-6,8,11,20-21H,2H2,1H3,(H2,12,15,16)/t5-,6+,8-,11-/m1/s1. The minimum Gasteiger partial charge on any atom is -0.394 e. The molecule has 11 nitrogen and oxygen atoms in total. The number of imidazole rings is 1. The van der Waals surface area contributed by atoms with Crippen molar-refractivity contribution in [1.29, 1.82) is 0 Å². The van der Waals surface area contributed by atoms with Crippen LogP contribution in [0.4, 0.5) is 5.82 Å². The Morgan fingerprint density at radius 2 is 2.32 bits per heavy atom. The van der Waals surface area contributed by atoms with Gasteiger partial charge in [0.15, 0.2) is 11.5 Å². The number of rotatable bonds is 3. The number of hydrogen-bond donors (Lipinski definition) is 3. The van der Waals surface area contributed by atoms with Crippen molar-refractivity contribution in [1.82, 2.24) is 19.5 Å². The van der Waals surface area contributed by atoms with Crippen molar-refractivity contribution >= 4 is 17.0 Å². The molecule has 0 unspecified atom stereocenters. The molecule has 2 aromatic rings. The predicted octanol–water partition coefficient (Wildman–Crippen LogP) is -0.354. The third-order valence-electron chi connectivity index (χ3n) is 3.54. The van der Waals surface area contributed by atoms with Gasteiger partial charge in [-0.2, -0.15) is 0 Å². The molecule has 1 aliphatic rings. The molecule has 3 rings (SSSR count). The second kappa shape index (κ2) is 5.39. The number of anilines is 1. The molecule has 1 fully saturated rings. The average Bonchev–Trinajstić information content (AvgIpc) is 3.02. The first kappa shape index (κ1) is 14.5. The number of fused-ring (bicyclic) bond motifs is 1. The van der Waals surface area contributed by atoms with E-state index in [1.54, 1.807) is 6.92 Å². The van der Waals surface area contributed by atoms with Gasteiger partial charge in [-0.15, -0.1) is 0 Å². The van der Waals surface area contributed by atoms with E-state index in [1.807, 2.05) is 0 Å². The lowest BCUT2D eigenvalue weighted by molar-refractivity contribution is -0.0437. The Hall–Kier alpha value is -2.46. The van der Waals surface area contributed by atoms with Gasteiger partial charge in [-0.1, -0.05) is 5.11 Å². The molecule has 4 N–H and O–H groups in total. The largest absolute Gasteiger partial charge is 0.394 e. The summed E-state index contributed by atoms with van der Waals surface area (Å²) < 4.78 is 7.09. The van der Waals surface area contributed by atoms with Gasteiger partial charge < -0.3 is 20.7 Å². The van der Waals surface area contributed by atoms with E-state index in [-0.39, 0.29) is 5.82 Å². The average molecular weight is 306 g/mol. The van der Waals surface area contributed by atoms with Crippen molar-refractivity contribution in [2.24, 2.45) is 5.11 Å². The van der Waals surface area contributed by atoms with E-state index in [9.17, 15) is 10.2 Å². The van der Waals surface area contributed by atoms with E-state index in [2.05, 4.69) is 25.0 Å². The predicted molar refractivity (Wildman–Crippen MR) is 74.4 cm³/mol. The Bertz CT molecular complexity index is 755. The minimum atomic E-state index is -1.14. The maximum absolute atomic E-state index is 10.1. The molecule has 4 atom stereocenters. The molecule has 0 aliphatic carbocycles. The highest BCUT2D eigenvalue weighted by atomic mass is 16.5. The van der Waals surface area contributed by atoms with Gasteiger partial charge in [-0.3, -0.25) is 4.57 Å². The van der Waals surface area contributed by atoms with Gasteiger partial charge in [0.05, 0.1) is 19.0 Å². The smallest absolute Gasteiger partial charge is 0.167 e. The molecule has 1 saturated heterocycles. The van der Waals surface area contributed by atoms with E-state index >= 15 is 0 Å². The zero-order valence-electron chi connectivity index (χ0n) is 11.6. The normalized spacial score (nSPS) is 28.0. The molecule has 0 aromatic carbocycles. The van der Waals surface area contributed by atoms with Gasteiger partial charge in [0, 0.05) is 4.91 Å². The van der Waals surface area contributed by atoms with Crippen LogP contribution in [0.25, 0.3) is 21.6 Å². The Balaban J connectivity index is 2.11. The lowest BCUT2D eigenvalue weighted by atomic mass is 10.1. The van der Waals surface area contributed by atoms with Gasteiger partial charge in [-0.25, -0.2) is 15.0 Å². The first-order valence-electron chi connectivity index (χ1n) is 6.52. The van der Waals surface area contributed by atoms with Gasteiger partial charge >= 0.3 is 0 Å². The molecule has 0 radical (unpaired) electrons. The van der Waals surface area contributed by atoms with E-state index in [4.69, 9.17) is 16.0 Å². The third-order valence-corrected chi connectivity index (χ3v) is 3.54. The zero-order valence-corrected chi connectivity index (χ0v) is 11.6. The van der Waals surface area contributed by atoms with Gasteiger partial charge in [-0.05, 0) is 12.5 Å². The molecular formula is C11H14N8O3. The second-order valence-corrected chi connectivity index (χ2v) is 4.91. The monoisotopic (exact) mass is 306 g/mol. The van der Waals surface area contributed by atoms with Crippen LogP contribution in [0, 0.1) is 6.92 Å². The van der Waals surface area contributed by atoms with Crippen LogP contribution in [0.15, 0.2) is 11.4 Å². The molecule has 0 bridgehead atoms. The number of hydrogen-bond acceptors (Lipinski definition) is 8. The van der Waals surface area contributed by atoms with E-state index in [0.717, 1.165) is 0 Å². The van der Waals surface area contributed by atoms with E-state index < -0.39 is 31.1 Å². The molecule has 11 heteroatoms. The van der Waals surface area contributed by atoms with Gasteiger partial charge in [0.2, 0.25) is 0 Å². The van der Waals surface area contributed by atoms with Crippen LogP contribution >= 0.6 is 0 Å². The molecule has 1 aliphatic heterocycles. The summed E-state index contributed by atoms with van der Waals surface area (Å²) in [6.07, 6.45) is -1.42. The summed E-state index contributed by atoms with van der Waals surface area (Å²) >= 11 is 0. The Kier molecular flexibility index (Phi) is 3.54. The zero-order chi connectivity index (χ0) is 15.9. The van der Waals surface area contributed by atoms with Crippen LogP contribution in [-0.2, 0) is 4.74 Å². The summed E-state index contributed by atoms with van der Waals surface area (Å²) in [5, 5.41) is 22.9. The lowest BCUT2D eigenvalue weighted by Gasteiger charge is -2.17. The Morgan fingerprint density at radius 1 is 1.55 bits per heavy atom. The molecular weight excluding hydrogens is 292 g/mol. The molecule has 116 valence electrons. The summed E-state index contributed by atoms with van der Waals surface area (Å²) in [6, 6.07) is -0.920. The molecule has 3 heterocycles. The van der Waals surface area contributed by atoms with Crippen LogP contribution in [0.1, 0.15) is 12.1 Å². The van der Waals surface area contributed by atoms with Crippen molar-refractivity contribution in [2.45, 2.75) is 31.4 Å². The van der Waals surface area contributed by atoms with Crippen LogP contribution < -0.4 is 5.73 Å². The highest BCUT2D eigenvalue weighted by Crippen LogP contribution is 2.34. The molecule has 0 saturated carbocycles. The van der Waals surface area contributed by atoms with Crippen LogP contribution in [0.2, 0.25) is 0 Å². The summed E-state index contributed by atoms with van der Waals surface area (Å²) in [7, 11) is 0. The summed E-state index contributed by atoms with van der Waals surface area (Å²) in [5.41, 5.74) is 15.3. The molecule has 0 amide bonds. The highest BCUT2D eigenvalue weighted by molar-refractivity contribution is 5.81. The van der Waals surface area contributed by atoms with Crippen molar-refractivity contribution in [3.63, 3.8) is 0 Å². The first-order valence-corrected chi connectivity index (χ1v) is 6.52.